The fraction of sp³-hybridized carbons (Fsp3) is 0.0500. The van der Waals surface area contributed by atoms with Gasteiger partial charge < -0.3 is 14.8 Å². The van der Waals surface area contributed by atoms with E-state index in [9.17, 15) is 4.79 Å². The van der Waals surface area contributed by atoms with Crippen LogP contribution in [-0.4, -0.2) is 15.9 Å². The second-order valence-corrected chi connectivity index (χ2v) is 5.58. The van der Waals surface area contributed by atoms with Crippen LogP contribution in [0, 0.1) is 0 Å². The number of carbonyl (C=O) groups excluding carboxylic acids is 1. The normalized spacial score (nSPS) is 16.4. The van der Waals surface area contributed by atoms with Crippen molar-refractivity contribution in [3.8, 4) is 11.5 Å². The molecule has 1 N–H and O–H groups in total. The maximum atomic E-state index is 12.0. The SMILES string of the molecule is O=C1C/C=C/C=C/Oc2ccccc2Nc2ncnc3ccc(cc23)O1. The Kier molecular flexibility index (Phi) is 4.30. The van der Waals surface area contributed by atoms with Crippen LogP contribution in [0.4, 0.5) is 11.5 Å². The van der Waals surface area contributed by atoms with E-state index in [0.717, 1.165) is 16.6 Å². The summed E-state index contributed by atoms with van der Waals surface area (Å²) >= 11 is 0. The Morgan fingerprint density at radius 3 is 2.92 bits per heavy atom. The number of nitrogens with one attached hydrogen (secondary N) is 1. The number of esters is 1. The quantitative estimate of drug-likeness (QED) is 0.488. The van der Waals surface area contributed by atoms with Gasteiger partial charge in [-0.25, -0.2) is 9.97 Å². The van der Waals surface area contributed by atoms with E-state index in [-0.39, 0.29) is 12.4 Å². The minimum Gasteiger partial charge on any atom is -0.463 e. The number of hydrogen-bond acceptors (Lipinski definition) is 6. The average Bonchev–Trinajstić information content (AvgIpc) is 2.66. The van der Waals surface area contributed by atoms with E-state index in [1.807, 2.05) is 24.3 Å². The monoisotopic (exact) mass is 345 g/mol. The minimum atomic E-state index is -0.348. The van der Waals surface area contributed by atoms with Gasteiger partial charge in [-0.15, -0.1) is 0 Å². The number of para-hydroxylation sites is 2. The molecule has 4 rings (SSSR count). The number of anilines is 2. The number of rotatable bonds is 0. The molecule has 0 unspecified atom stereocenters. The van der Waals surface area contributed by atoms with Gasteiger partial charge in [0.05, 0.1) is 23.9 Å². The van der Waals surface area contributed by atoms with Crippen molar-refractivity contribution in [1.29, 1.82) is 0 Å². The van der Waals surface area contributed by atoms with E-state index in [4.69, 9.17) is 9.47 Å². The molecular weight excluding hydrogens is 330 g/mol. The average molecular weight is 345 g/mol. The lowest BCUT2D eigenvalue weighted by Gasteiger charge is -2.12. The summed E-state index contributed by atoms with van der Waals surface area (Å²) in [4.78, 5) is 20.5. The summed E-state index contributed by atoms with van der Waals surface area (Å²) in [6.45, 7) is 0. The summed E-state index contributed by atoms with van der Waals surface area (Å²) in [7, 11) is 0. The number of fused-ring (bicyclic) bond motifs is 2. The van der Waals surface area contributed by atoms with Crippen molar-refractivity contribution in [2.45, 2.75) is 6.42 Å². The first-order valence-electron chi connectivity index (χ1n) is 8.09. The van der Waals surface area contributed by atoms with Gasteiger partial charge >= 0.3 is 5.97 Å². The van der Waals surface area contributed by atoms with Crippen LogP contribution in [0.1, 0.15) is 6.42 Å². The van der Waals surface area contributed by atoms with Crippen LogP contribution < -0.4 is 14.8 Å². The largest absolute Gasteiger partial charge is 0.463 e. The zero-order valence-electron chi connectivity index (χ0n) is 13.8. The van der Waals surface area contributed by atoms with Crippen LogP contribution in [0.5, 0.6) is 11.5 Å². The number of nitrogens with zero attached hydrogens (tertiary/aromatic N) is 2. The molecule has 26 heavy (non-hydrogen) atoms. The van der Waals surface area contributed by atoms with Crippen molar-refractivity contribution in [2.75, 3.05) is 5.32 Å². The number of allylic oxidation sites excluding steroid dienone is 2. The zero-order valence-corrected chi connectivity index (χ0v) is 13.8. The molecule has 0 saturated carbocycles. The van der Waals surface area contributed by atoms with E-state index in [2.05, 4.69) is 15.3 Å². The van der Waals surface area contributed by atoms with Crippen molar-refractivity contribution in [3.05, 3.63) is 73.3 Å². The van der Waals surface area contributed by atoms with Gasteiger partial charge in [0.2, 0.25) is 0 Å². The van der Waals surface area contributed by atoms with Gasteiger partial charge in [-0.05, 0) is 36.4 Å². The molecule has 0 aliphatic carbocycles. The highest BCUT2D eigenvalue weighted by Gasteiger charge is 2.10. The summed E-state index contributed by atoms with van der Waals surface area (Å²) < 4.78 is 11.1. The number of hydrogen-bond donors (Lipinski definition) is 1. The van der Waals surface area contributed by atoms with Crippen LogP contribution >= 0.6 is 0 Å². The fourth-order valence-corrected chi connectivity index (χ4v) is 2.57. The molecule has 0 spiro atoms. The smallest absolute Gasteiger partial charge is 0.315 e. The predicted molar refractivity (Wildman–Crippen MR) is 98.4 cm³/mol. The van der Waals surface area contributed by atoms with Crippen LogP contribution in [0.3, 0.4) is 0 Å². The molecule has 2 aromatic carbocycles. The summed E-state index contributed by atoms with van der Waals surface area (Å²) in [5.74, 6) is 1.35. The third-order valence-electron chi connectivity index (χ3n) is 3.78. The first kappa shape index (κ1) is 15.8. The molecule has 2 heterocycles. The Hall–Kier alpha value is -3.67. The summed E-state index contributed by atoms with van der Waals surface area (Å²) in [5.41, 5.74) is 1.50. The Morgan fingerprint density at radius 2 is 1.96 bits per heavy atom. The molecule has 128 valence electrons. The molecular formula is C20H15N3O3. The predicted octanol–water partition coefficient (Wildman–Crippen LogP) is 4.13. The zero-order chi connectivity index (χ0) is 17.8. The van der Waals surface area contributed by atoms with E-state index in [0.29, 0.717) is 17.3 Å². The Balaban J connectivity index is 1.84. The molecule has 0 fully saturated rings. The minimum absolute atomic E-state index is 0.162. The van der Waals surface area contributed by atoms with E-state index in [1.165, 1.54) is 6.33 Å². The highest BCUT2D eigenvalue weighted by molar-refractivity contribution is 5.92. The Bertz CT molecular complexity index is 1030. The molecule has 0 amide bonds. The van der Waals surface area contributed by atoms with Crippen molar-refractivity contribution >= 4 is 28.4 Å². The molecule has 1 aliphatic rings. The van der Waals surface area contributed by atoms with Crippen LogP contribution in [0.2, 0.25) is 0 Å². The molecule has 6 nitrogen and oxygen atoms in total. The molecule has 2 bridgehead atoms. The van der Waals surface area contributed by atoms with Gasteiger partial charge in [-0.1, -0.05) is 24.3 Å². The van der Waals surface area contributed by atoms with E-state index in [1.54, 1.807) is 42.7 Å². The standard InChI is InChI=1S/C20H15N3O3/c24-19-8-2-1-5-11-25-18-7-4-3-6-17(18)23-20-15-12-14(26-19)9-10-16(15)21-13-22-20/h1-7,9-13H,8H2,(H,21,22,23)/b2-1+,11-5+. The van der Waals surface area contributed by atoms with E-state index >= 15 is 0 Å². The topological polar surface area (TPSA) is 73.3 Å². The highest BCUT2D eigenvalue weighted by atomic mass is 16.5. The summed E-state index contributed by atoms with van der Waals surface area (Å²) in [5, 5.41) is 4.01. The highest BCUT2D eigenvalue weighted by Crippen LogP contribution is 2.31. The number of aromatic nitrogens is 2. The molecule has 0 radical (unpaired) electrons. The number of ether oxygens (including phenoxy) is 2. The maximum Gasteiger partial charge on any atom is 0.315 e. The van der Waals surface area contributed by atoms with Crippen LogP contribution in [0.25, 0.3) is 10.9 Å². The molecule has 0 atom stereocenters. The van der Waals surface area contributed by atoms with Crippen molar-refractivity contribution in [3.63, 3.8) is 0 Å². The van der Waals surface area contributed by atoms with Crippen LogP contribution in [0.15, 0.2) is 73.3 Å². The summed E-state index contributed by atoms with van der Waals surface area (Å²) in [6.07, 6.45) is 8.36. The fourth-order valence-electron chi connectivity index (χ4n) is 2.57. The molecule has 3 aromatic rings. The second-order valence-electron chi connectivity index (χ2n) is 5.58. The maximum absolute atomic E-state index is 12.0. The number of benzene rings is 2. The molecule has 1 aliphatic heterocycles. The third-order valence-corrected chi connectivity index (χ3v) is 3.78. The second kappa shape index (κ2) is 7.06. The lowest BCUT2D eigenvalue weighted by atomic mass is 10.2. The van der Waals surface area contributed by atoms with Crippen molar-refractivity contribution in [1.82, 2.24) is 9.97 Å². The van der Waals surface area contributed by atoms with Gasteiger partial charge in [-0.2, -0.15) is 0 Å². The van der Waals surface area contributed by atoms with Crippen molar-refractivity contribution < 1.29 is 14.3 Å². The van der Waals surface area contributed by atoms with Gasteiger partial charge in [-0.3, -0.25) is 4.79 Å². The third kappa shape index (κ3) is 3.39. The lowest BCUT2D eigenvalue weighted by molar-refractivity contribution is -0.133. The lowest BCUT2D eigenvalue weighted by Crippen LogP contribution is -2.06. The molecule has 6 heteroatoms. The first-order valence-corrected chi connectivity index (χ1v) is 8.09. The first-order chi connectivity index (χ1) is 12.8. The van der Waals surface area contributed by atoms with Gasteiger partial charge in [0.1, 0.15) is 23.6 Å². The van der Waals surface area contributed by atoms with Crippen LogP contribution in [-0.2, 0) is 4.79 Å². The van der Waals surface area contributed by atoms with Gasteiger partial charge in [0.15, 0.2) is 0 Å². The molecule has 0 saturated heterocycles. The van der Waals surface area contributed by atoms with E-state index < -0.39 is 0 Å². The number of carbonyl (C=O) groups is 1. The molecule has 1 aromatic heterocycles. The van der Waals surface area contributed by atoms with Gasteiger partial charge in [0.25, 0.3) is 0 Å². The Morgan fingerprint density at radius 1 is 1.04 bits per heavy atom. The van der Waals surface area contributed by atoms with Crippen molar-refractivity contribution in [2.24, 2.45) is 0 Å². The Labute approximate surface area is 149 Å². The summed E-state index contributed by atoms with van der Waals surface area (Å²) in [6, 6.07) is 12.8. The van der Waals surface area contributed by atoms with Gasteiger partial charge in [0, 0.05) is 5.39 Å².